The van der Waals surface area contributed by atoms with E-state index < -0.39 is 37.0 Å². The first-order valence-corrected chi connectivity index (χ1v) is 18.1. The Hall–Kier alpha value is -3.62. The van der Waals surface area contributed by atoms with Gasteiger partial charge in [-0.15, -0.1) is 11.3 Å². The first-order valence-electron chi connectivity index (χ1n) is 15.6. The fourth-order valence-corrected chi connectivity index (χ4v) is 9.41. The van der Waals surface area contributed by atoms with E-state index in [9.17, 15) is 38.4 Å². The molecule has 0 unspecified atom stereocenters. The minimum Gasteiger partial charge on any atom is -0.340 e. The summed E-state index contributed by atoms with van der Waals surface area (Å²) >= 11 is 1.14. The lowest BCUT2D eigenvalue weighted by Gasteiger charge is -2.35. The molecule has 2 aromatic carbocycles. The van der Waals surface area contributed by atoms with Crippen molar-refractivity contribution in [2.24, 2.45) is 5.92 Å². The number of halogens is 1. The van der Waals surface area contributed by atoms with Gasteiger partial charge in [0.05, 0.1) is 22.4 Å². The SMILES string of the molecule is N#C[C@@H]1[C@@H](c2ccccc2)CN(C(=O)[C@@H]2CC[C@@H]3CCC[C@H](NC(=O)c4cc5cc([C@@H](F)P(=O)(O)O)ccc5s4)C(=O)N32)C12CC2. The van der Waals surface area contributed by atoms with Crippen LogP contribution in [-0.2, 0) is 14.2 Å². The topological polar surface area (TPSA) is 151 Å². The number of nitrogens with zero attached hydrogens (tertiary/aromatic N) is 3. The molecule has 3 aromatic rings. The van der Waals surface area contributed by atoms with Gasteiger partial charge < -0.3 is 24.9 Å². The standard InChI is InChI=1S/C33H34FN4O6PS/c34-29(45(42,43)44)20-9-12-27-21(15-20)16-28(46-27)30(39)36-25-8-4-7-22-10-11-26(38(22)31(25)40)32(41)37-18-23(19-5-2-1-3-6-19)24(17-35)33(37)13-14-33/h1-3,5-6,9,12,15-16,22-26,29H,4,7-8,10-11,13-14,18H2,(H,36,39)(H2,42,43,44)/t22-,23+,24+,25-,26-,29-/m0/s1. The van der Waals surface area contributed by atoms with Crippen LogP contribution in [0.4, 0.5) is 4.39 Å². The van der Waals surface area contributed by atoms with Gasteiger partial charge in [0.15, 0.2) is 0 Å². The minimum absolute atomic E-state index is 0.0910. The maximum atomic E-state index is 14.3. The van der Waals surface area contributed by atoms with Crippen molar-refractivity contribution in [3.8, 4) is 6.07 Å². The summed E-state index contributed by atoms with van der Waals surface area (Å²) in [5.41, 5.74) is 0.362. The number of carbonyl (C=O) groups excluding carboxylic acids is 3. The van der Waals surface area contributed by atoms with Crippen molar-refractivity contribution in [2.75, 3.05) is 6.54 Å². The van der Waals surface area contributed by atoms with E-state index in [4.69, 9.17) is 0 Å². The molecule has 3 aliphatic heterocycles. The Morgan fingerprint density at radius 1 is 1.09 bits per heavy atom. The maximum absolute atomic E-state index is 14.3. The van der Waals surface area contributed by atoms with Crippen LogP contribution in [-0.4, -0.2) is 67.5 Å². The summed E-state index contributed by atoms with van der Waals surface area (Å²) in [6.07, 6.45) is 4.65. The van der Waals surface area contributed by atoms with Crippen LogP contribution in [0.3, 0.4) is 0 Å². The molecular weight excluding hydrogens is 630 g/mol. The van der Waals surface area contributed by atoms with Crippen molar-refractivity contribution in [1.29, 1.82) is 5.26 Å². The Balaban J connectivity index is 1.09. The second-order valence-electron chi connectivity index (χ2n) is 13.0. The number of thiophene rings is 1. The predicted octanol–water partition coefficient (Wildman–Crippen LogP) is 4.99. The van der Waals surface area contributed by atoms with Gasteiger partial charge in [-0.2, -0.15) is 5.26 Å². The molecule has 4 aliphatic rings. The van der Waals surface area contributed by atoms with Gasteiger partial charge in [-0.3, -0.25) is 18.9 Å². The molecule has 13 heteroatoms. The summed E-state index contributed by atoms with van der Waals surface area (Å²) in [5.74, 6) is -3.74. The van der Waals surface area contributed by atoms with Crippen molar-refractivity contribution in [2.45, 2.75) is 80.4 Å². The van der Waals surface area contributed by atoms with Crippen molar-refractivity contribution in [1.82, 2.24) is 15.1 Å². The molecule has 0 bridgehead atoms. The molecular formula is C33H34FN4O6PS. The molecule has 3 amide bonds. The molecule has 46 heavy (non-hydrogen) atoms. The summed E-state index contributed by atoms with van der Waals surface area (Å²) in [7, 11) is -4.98. The minimum atomic E-state index is -4.98. The van der Waals surface area contributed by atoms with Crippen LogP contribution in [0.15, 0.2) is 54.6 Å². The molecule has 1 saturated carbocycles. The lowest BCUT2D eigenvalue weighted by atomic mass is 9.85. The second kappa shape index (κ2) is 11.6. The van der Waals surface area contributed by atoms with E-state index in [1.165, 1.54) is 24.3 Å². The molecule has 1 aromatic heterocycles. The van der Waals surface area contributed by atoms with Crippen molar-refractivity contribution >= 4 is 46.7 Å². The molecule has 1 spiro atoms. The molecule has 3 saturated heterocycles. The third-order valence-electron chi connectivity index (χ3n) is 10.3. The lowest BCUT2D eigenvalue weighted by molar-refractivity contribution is -0.147. The average Bonchev–Trinajstić information content (AvgIpc) is 3.42. The number of hydrogen-bond donors (Lipinski definition) is 3. The van der Waals surface area contributed by atoms with E-state index in [0.29, 0.717) is 42.3 Å². The number of hydrogen-bond acceptors (Lipinski definition) is 6. The van der Waals surface area contributed by atoms with Gasteiger partial charge in [-0.05, 0) is 79.7 Å². The summed E-state index contributed by atoms with van der Waals surface area (Å²) in [5, 5.41) is 13.5. The molecule has 4 heterocycles. The van der Waals surface area contributed by atoms with Crippen molar-refractivity contribution < 1.29 is 33.1 Å². The van der Waals surface area contributed by atoms with E-state index in [0.717, 1.165) is 36.2 Å². The number of nitrogens with one attached hydrogen (secondary N) is 1. The van der Waals surface area contributed by atoms with E-state index >= 15 is 0 Å². The Morgan fingerprint density at radius 3 is 2.54 bits per heavy atom. The van der Waals surface area contributed by atoms with E-state index in [-0.39, 0.29) is 40.1 Å². The highest BCUT2D eigenvalue weighted by molar-refractivity contribution is 7.51. The van der Waals surface area contributed by atoms with Crippen LogP contribution in [0.2, 0.25) is 0 Å². The highest BCUT2D eigenvalue weighted by Gasteiger charge is 2.64. The molecule has 3 N–H and O–H groups in total. The molecule has 6 atom stereocenters. The average molecular weight is 665 g/mol. The van der Waals surface area contributed by atoms with Crippen molar-refractivity contribution in [3.63, 3.8) is 0 Å². The van der Waals surface area contributed by atoms with E-state index in [1.54, 1.807) is 4.90 Å². The number of amides is 3. The summed E-state index contributed by atoms with van der Waals surface area (Å²) in [6.45, 7) is 0.440. The fraction of sp³-hybridized carbons (Fsp3) is 0.455. The number of rotatable bonds is 6. The summed E-state index contributed by atoms with van der Waals surface area (Å²) in [4.78, 5) is 64.1. The van der Waals surface area contributed by atoms with Crippen molar-refractivity contribution in [3.05, 3.63) is 70.6 Å². The third-order valence-corrected chi connectivity index (χ3v) is 12.3. The number of carbonyl (C=O) groups is 3. The number of nitriles is 1. The lowest BCUT2D eigenvalue weighted by Crippen LogP contribution is -2.56. The Labute approximate surface area is 269 Å². The zero-order valence-electron chi connectivity index (χ0n) is 24.9. The van der Waals surface area contributed by atoms with Crippen LogP contribution in [0.5, 0.6) is 0 Å². The number of fused-ring (bicyclic) bond motifs is 2. The van der Waals surface area contributed by atoms with Gasteiger partial charge in [0.2, 0.25) is 17.7 Å². The number of benzene rings is 2. The number of alkyl halides is 1. The molecule has 4 fully saturated rings. The smallest absolute Gasteiger partial charge is 0.340 e. The Morgan fingerprint density at radius 2 is 1.85 bits per heavy atom. The predicted molar refractivity (Wildman–Crippen MR) is 168 cm³/mol. The number of likely N-dealkylation sites (tertiary alicyclic amines) is 1. The quantitative estimate of drug-likeness (QED) is 0.314. The highest BCUT2D eigenvalue weighted by Crippen LogP contribution is 2.58. The van der Waals surface area contributed by atoms with Crippen LogP contribution in [0, 0.1) is 17.2 Å². The summed E-state index contributed by atoms with van der Waals surface area (Å²) in [6, 6.07) is 16.4. The Kier molecular flexibility index (Phi) is 7.80. The van der Waals surface area contributed by atoms with Crippen LogP contribution >= 0.6 is 18.9 Å². The normalized spacial score (nSPS) is 27.7. The largest absolute Gasteiger partial charge is 0.363 e. The van der Waals surface area contributed by atoms with Gasteiger partial charge in [-0.1, -0.05) is 36.4 Å². The van der Waals surface area contributed by atoms with Gasteiger partial charge >= 0.3 is 7.60 Å². The molecule has 240 valence electrons. The molecule has 0 radical (unpaired) electrons. The van der Waals surface area contributed by atoms with Gasteiger partial charge in [0, 0.05) is 23.2 Å². The van der Waals surface area contributed by atoms with Crippen LogP contribution < -0.4 is 5.32 Å². The van der Waals surface area contributed by atoms with Gasteiger partial charge in [0.25, 0.3) is 5.91 Å². The van der Waals surface area contributed by atoms with Crippen LogP contribution in [0.25, 0.3) is 10.1 Å². The Bertz CT molecular complexity index is 1800. The molecule has 7 rings (SSSR count). The first kappa shape index (κ1) is 31.0. The van der Waals surface area contributed by atoms with E-state index in [2.05, 4.69) is 11.4 Å². The van der Waals surface area contributed by atoms with Gasteiger partial charge in [-0.25, -0.2) is 4.39 Å². The fourth-order valence-electron chi connectivity index (χ4n) is 7.92. The van der Waals surface area contributed by atoms with Crippen LogP contribution in [0.1, 0.15) is 77.6 Å². The second-order valence-corrected chi connectivity index (χ2v) is 15.7. The monoisotopic (exact) mass is 664 g/mol. The van der Waals surface area contributed by atoms with E-state index in [1.807, 2.05) is 35.2 Å². The zero-order chi connectivity index (χ0) is 32.4. The highest BCUT2D eigenvalue weighted by atomic mass is 32.1. The first-order chi connectivity index (χ1) is 22.0. The zero-order valence-corrected chi connectivity index (χ0v) is 26.6. The summed E-state index contributed by atoms with van der Waals surface area (Å²) < 4.78 is 26.3. The van der Waals surface area contributed by atoms with Gasteiger partial charge in [0.1, 0.15) is 12.1 Å². The molecule has 10 nitrogen and oxygen atoms in total. The molecule has 1 aliphatic carbocycles. The third kappa shape index (κ3) is 5.23. The maximum Gasteiger partial charge on any atom is 0.363 e.